The fourth-order valence-corrected chi connectivity index (χ4v) is 1.89. The summed E-state index contributed by atoms with van der Waals surface area (Å²) >= 11 is 0. The molecule has 1 amide bonds. The van der Waals surface area contributed by atoms with Crippen molar-refractivity contribution in [2.24, 2.45) is 5.73 Å². The molecule has 5 heteroatoms. The van der Waals surface area contributed by atoms with E-state index in [4.69, 9.17) is 14.3 Å². The predicted octanol–water partition coefficient (Wildman–Crippen LogP) is 3.08. The molecule has 3 aromatic rings. The van der Waals surface area contributed by atoms with E-state index in [1.165, 1.54) is 6.26 Å². The lowest BCUT2D eigenvalue weighted by Crippen LogP contribution is -2.04. The van der Waals surface area contributed by atoms with Gasteiger partial charge >= 0.3 is 6.09 Å². The normalized spacial score (nSPS) is 9.71. The summed E-state index contributed by atoms with van der Waals surface area (Å²) < 4.78 is 5.48. The van der Waals surface area contributed by atoms with Crippen molar-refractivity contribution in [2.75, 3.05) is 0 Å². The van der Waals surface area contributed by atoms with Gasteiger partial charge < -0.3 is 15.3 Å². The molecule has 0 radical (unpaired) electrons. The molecule has 0 aliphatic heterocycles. The van der Waals surface area contributed by atoms with Crippen molar-refractivity contribution in [3.63, 3.8) is 0 Å². The van der Waals surface area contributed by atoms with Crippen molar-refractivity contribution in [1.82, 2.24) is 0 Å². The van der Waals surface area contributed by atoms with E-state index in [0.717, 1.165) is 5.56 Å². The lowest BCUT2D eigenvalue weighted by atomic mass is 10.1. The van der Waals surface area contributed by atoms with E-state index in [-0.39, 0.29) is 5.43 Å². The Morgan fingerprint density at radius 2 is 1.57 bits per heavy atom. The molecule has 21 heavy (non-hydrogen) atoms. The molecule has 0 unspecified atom stereocenters. The van der Waals surface area contributed by atoms with Crippen LogP contribution < -0.4 is 11.2 Å². The van der Waals surface area contributed by atoms with Gasteiger partial charge in [-0.15, -0.1) is 0 Å². The number of rotatable bonds is 1. The SMILES string of the molecule is NC(=O)O.O=c1c(-c2ccccc2)coc2ccccc12. The van der Waals surface area contributed by atoms with Gasteiger partial charge in [0.15, 0.2) is 5.43 Å². The Kier molecular flexibility index (Phi) is 4.36. The van der Waals surface area contributed by atoms with Gasteiger partial charge in [-0.2, -0.15) is 0 Å². The summed E-state index contributed by atoms with van der Waals surface area (Å²) in [4.78, 5) is 21.0. The second-order valence-electron chi connectivity index (χ2n) is 4.18. The first-order valence-electron chi connectivity index (χ1n) is 6.14. The summed E-state index contributed by atoms with van der Waals surface area (Å²) in [6, 6.07) is 16.8. The maximum Gasteiger partial charge on any atom is 0.402 e. The number of benzene rings is 2. The topological polar surface area (TPSA) is 93.5 Å². The number of hydrogen-bond donors (Lipinski definition) is 2. The van der Waals surface area contributed by atoms with Crippen LogP contribution in [0.25, 0.3) is 22.1 Å². The maximum atomic E-state index is 12.3. The highest BCUT2D eigenvalue weighted by atomic mass is 16.4. The van der Waals surface area contributed by atoms with Gasteiger partial charge in [0.2, 0.25) is 0 Å². The Labute approximate surface area is 120 Å². The Hall–Kier alpha value is -3.08. The summed E-state index contributed by atoms with van der Waals surface area (Å²) in [6.45, 7) is 0. The van der Waals surface area contributed by atoms with Crippen LogP contribution in [0, 0.1) is 0 Å². The van der Waals surface area contributed by atoms with Crippen LogP contribution >= 0.6 is 0 Å². The zero-order valence-corrected chi connectivity index (χ0v) is 11.0. The summed E-state index contributed by atoms with van der Waals surface area (Å²) in [5.74, 6) is 0. The van der Waals surface area contributed by atoms with Crippen molar-refractivity contribution in [2.45, 2.75) is 0 Å². The van der Waals surface area contributed by atoms with Crippen LogP contribution in [-0.2, 0) is 0 Å². The summed E-state index contributed by atoms with van der Waals surface area (Å²) in [5.41, 5.74) is 6.14. The van der Waals surface area contributed by atoms with E-state index in [1.807, 2.05) is 42.5 Å². The molecule has 1 aromatic heterocycles. The average molecular weight is 283 g/mol. The van der Waals surface area contributed by atoms with E-state index in [1.54, 1.807) is 12.1 Å². The molecule has 1 heterocycles. The molecule has 106 valence electrons. The van der Waals surface area contributed by atoms with Gasteiger partial charge in [0.25, 0.3) is 0 Å². The molecule has 0 spiro atoms. The lowest BCUT2D eigenvalue weighted by Gasteiger charge is -2.01. The molecule has 0 saturated heterocycles. The molecule has 5 nitrogen and oxygen atoms in total. The van der Waals surface area contributed by atoms with Crippen molar-refractivity contribution in [3.05, 3.63) is 71.1 Å². The third-order valence-corrected chi connectivity index (χ3v) is 2.76. The zero-order valence-electron chi connectivity index (χ0n) is 11.0. The van der Waals surface area contributed by atoms with Gasteiger partial charge in [0, 0.05) is 0 Å². The fraction of sp³-hybridized carbons (Fsp3) is 0. The molecule has 0 aliphatic carbocycles. The number of nitrogens with two attached hydrogens (primary N) is 1. The van der Waals surface area contributed by atoms with E-state index in [9.17, 15) is 4.79 Å². The summed E-state index contributed by atoms with van der Waals surface area (Å²) in [7, 11) is 0. The molecule has 0 aliphatic rings. The predicted molar refractivity (Wildman–Crippen MR) is 80.1 cm³/mol. The molecule has 0 bridgehead atoms. The first-order valence-corrected chi connectivity index (χ1v) is 6.14. The molecule has 3 N–H and O–H groups in total. The summed E-state index contributed by atoms with van der Waals surface area (Å²) in [6.07, 6.45) is 0.194. The van der Waals surface area contributed by atoms with Crippen molar-refractivity contribution in [3.8, 4) is 11.1 Å². The summed E-state index contributed by atoms with van der Waals surface area (Å²) in [5, 5.41) is 7.81. The number of para-hydroxylation sites is 1. The number of carbonyl (C=O) groups is 1. The van der Waals surface area contributed by atoms with E-state index in [0.29, 0.717) is 16.5 Å². The van der Waals surface area contributed by atoms with Crippen LogP contribution in [0.15, 0.2) is 70.1 Å². The van der Waals surface area contributed by atoms with E-state index >= 15 is 0 Å². The molecule has 2 aromatic carbocycles. The Morgan fingerprint density at radius 3 is 2.24 bits per heavy atom. The Bertz CT molecular complexity index is 805. The maximum absolute atomic E-state index is 12.3. The highest BCUT2D eigenvalue weighted by molar-refractivity contribution is 5.81. The standard InChI is InChI=1S/C15H10O2.CH3NO2/c16-15-12-8-4-5-9-14(12)17-10-13(15)11-6-2-1-3-7-11;2-1(3)4/h1-10H;2H2,(H,3,4). The van der Waals surface area contributed by atoms with Crippen LogP contribution in [0.2, 0.25) is 0 Å². The number of fused-ring (bicyclic) bond motifs is 1. The van der Waals surface area contributed by atoms with Crippen molar-refractivity contribution < 1.29 is 14.3 Å². The average Bonchev–Trinajstić information content (AvgIpc) is 2.48. The highest BCUT2D eigenvalue weighted by Gasteiger charge is 2.07. The van der Waals surface area contributed by atoms with Gasteiger partial charge in [0.05, 0.1) is 10.9 Å². The molecule has 0 fully saturated rings. The minimum Gasteiger partial charge on any atom is -0.465 e. The fourth-order valence-electron chi connectivity index (χ4n) is 1.89. The molecule has 0 saturated carbocycles. The number of carboxylic acid groups (broad SMARTS) is 1. The van der Waals surface area contributed by atoms with Crippen LogP contribution in [0.4, 0.5) is 4.79 Å². The second-order valence-corrected chi connectivity index (χ2v) is 4.18. The minimum atomic E-state index is -1.33. The third kappa shape index (κ3) is 3.48. The molecular weight excluding hydrogens is 270 g/mol. The van der Waals surface area contributed by atoms with Gasteiger partial charge in [0.1, 0.15) is 11.8 Å². The Balaban J connectivity index is 0.000000361. The third-order valence-electron chi connectivity index (χ3n) is 2.76. The van der Waals surface area contributed by atoms with Crippen LogP contribution in [0.5, 0.6) is 0 Å². The minimum absolute atomic E-state index is 0.0121. The van der Waals surface area contributed by atoms with E-state index < -0.39 is 6.09 Å². The van der Waals surface area contributed by atoms with Gasteiger partial charge in [-0.3, -0.25) is 4.79 Å². The number of primary amides is 1. The highest BCUT2D eigenvalue weighted by Crippen LogP contribution is 2.18. The van der Waals surface area contributed by atoms with Crippen LogP contribution in [0.3, 0.4) is 0 Å². The number of hydrogen-bond acceptors (Lipinski definition) is 3. The van der Waals surface area contributed by atoms with Gasteiger partial charge in [-0.1, -0.05) is 42.5 Å². The molecule has 3 rings (SSSR count). The first kappa shape index (κ1) is 14.3. The largest absolute Gasteiger partial charge is 0.465 e. The second kappa shape index (κ2) is 6.38. The monoisotopic (exact) mass is 283 g/mol. The van der Waals surface area contributed by atoms with E-state index in [2.05, 4.69) is 5.73 Å². The zero-order chi connectivity index (χ0) is 15.2. The van der Waals surface area contributed by atoms with Gasteiger partial charge in [-0.05, 0) is 17.7 Å². The lowest BCUT2D eigenvalue weighted by molar-refractivity contribution is 0.205. The molecular formula is C16H13NO4. The quantitative estimate of drug-likeness (QED) is 0.717. The van der Waals surface area contributed by atoms with Crippen LogP contribution in [0.1, 0.15) is 0 Å². The van der Waals surface area contributed by atoms with Crippen LogP contribution in [-0.4, -0.2) is 11.2 Å². The smallest absolute Gasteiger partial charge is 0.402 e. The first-order chi connectivity index (χ1) is 10.1. The number of amides is 1. The van der Waals surface area contributed by atoms with Crippen molar-refractivity contribution in [1.29, 1.82) is 0 Å². The van der Waals surface area contributed by atoms with Crippen molar-refractivity contribution >= 4 is 17.1 Å². The van der Waals surface area contributed by atoms with Gasteiger partial charge in [-0.25, -0.2) is 4.79 Å². The Morgan fingerprint density at radius 1 is 1.00 bits per heavy atom. The molecule has 0 atom stereocenters.